The zero-order chi connectivity index (χ0) is 28.8. The molecular weight excluding hydrogens is 512 g/mol. The predicted molar refractivity (Wildman–Crippen MR) is 140 cm³/mol. The Labute approximate surface area is 240 Å². The fraction of sp³-hybridized carbons (Fsp3) is 0.857. The van der Waals surface area contributed by atoms with Gasteiger partial charge in [-0.2, -0.15) is 0 Å². The maximum absolute atomic E-state index is 10.4. The zero-order valence-corrected chi connectivity index (χ0v) is 25.9. The minimum Gasteiger partial charge on any atom is -0.550 e. The van der Waals surface area contributed by atoms with E-state index in [-0.39, 0.29) is 33.3 Å². The van der Waals surface area contributed by atoms with E-state index in [9.17, 15) is 29.4 Å². The molecule has 0 heterocycles. The molecule has 0 aliphatic rings. The van der Waals surface area contributed by atoms with Crippen LogP contribution in [-0.4, -0.2) is 46.9 Å². The van der Waals surface area contributed by atoms with E-state index >= 15 is 0 Å². The predicted octanol–water partition coefficient (Wildman–Crippen LogP) is 3.38. The van der Waals surface area contributed by atoms with Crippen molar-refractivity contribution in [1.82, 2.24) is 0 Å². The fourth-order valence-electron chi connectivity index (χ4n) is 2.89. The Kier molecular flexibility index (Phi) is 45.9. The van der Waals surface area contributed by atoms with Crippen LogP contribution in [0.25, 0.3) is 0 Å². The first-order chi connectivity index (χ1) is 17.0. The van der Waals surface area contributed by atoms with E-state index < -0.39 is 24.8 Å². The molecule has 0 aromatic rings. The molecule has 0 aromatic carbocycles. The summed E-state index contributed by atoms with van der Waals surface area (Å²) < 4.78 is 0. The van der Waals surface area contributed by atoms with E-state index in [1.165, 1.54) is 38.5 Å². The van der Waals surface area contributed by atoms with Gasteiger partial charge in [0.05, 0.1) is 0 Å². The number of aliphatic carboxylic acids is 2. The molecule has 0 radical (unpaired) electrons. The molecule has 220 valence electrons. The first-order valence-electron chi connectivity index (χ1n) is 13.7. The number of aliphatic hydroxyl groups is 2. The molecule has 0 saturated carbocycles. The maximum Gasteiger partial charge on any atom is 0.138 e. The molecule has 0 aliphatic heterocycles. The average Bonchev–Trinajstić information content (AvgIpc) is 2.81. The summed E-state index contributed by atoms with van der Waals surface area (Å²) in [6, 6.07) is 0. The van der Waals surface area contributed by atoms with Gasteiger partial charge in [0.15, 0.2) is 0 Å². The number of carbonyl (C=O) groups excluding carboxylic acids is 4. The van der Waals surface area contributed by atoms with Gasteiger partial charge in [0, 0.05) is 72.6 Å². The van der Waals surface area contributed by atoms with Gasteiger partial charge < -0.3 is 30.0 Å². The number of ketones is 2. The van der Waals surface area contributed by atoms with Crippen molar-refractivity contribution in [3.05, 3.63) is 0 Å². The number of carboxylic acid groups (broad SMARTS) is 2. The maximum atomic E-state index is 10.4. The summed E-state index contributed by atoms with van der Waals surface area (Å²) in [5.41, 5.74) is 0. The first kappa shape index (κ1) is 45.8. The summed E-state index contributed by atoms with van der Waals surface area (Å²) in [7, 11) is 0. The minimum atomic E-state index is -1.28. The van der Waals surface area contributed by atoms with Crippen LogP contribution >= 0.6 is 0 Å². The van der Waals surface area contributed by atoms with Gasteiger partial charge in [0.25, 0.3) is 0 Å². The molecule has 37 heavy (non-hydrogen) atoms. The summed E-state index contributed by atoms with van der Waals surface area (Å²) >= 11 is 0. The number of unbranched alkanes of at least 4 members (excludes halogenated alkanes) is 2. The number of rotatable bonds is 18. The second kappa shape index (κ2) is 37.1. The van der Waals surface area contributed by atoms with Gasteiger partial charge in [-0.25, -0.2) is 0 Å². The van der Waals surface area contributed by atoms with Crippen LogP contribution in [0.5, 0.6) is 0 Å². The molecular formula is C28H54O8Ti-2. The van der Waals surface area contributed by atoms with E-state index in [1.54, 1.807) is 0 Å². The Balaban J connectivity index is -0.000000122. The standard InChI is InChI=1S/2C8H18O.2C6H10O3.Ti/c2*1-3-5-6-8(4-2)7-9;2*1-2-3-5(7)4-6(8)9;/h2*8-9H,3-7H2,1-2H3;2*2-4H2,1H3,(H,8,9);/p-2. The van der Waals surface area contributed by atoms with Crippen LogP contribution < -0.4 is 10.2 Å². The topological polar surface area (TPSA) is 155 Å². The Morgan fingerprint density at radius 1 is 0.595 bits per heavy atom. The van der Waals surface area contributed by atoms with Crippen molar-refractivity contribution in [1.29, 1.82) is 0 Å². The van der Waals surface area contributed by atoms with Crippen LogP contribution in [0.15, 0.2) is 0 Å². The fourth-order valence-corrected chi connectivity index (χ4v) is 2.89. The van der Waals surface area contributed by atoms with Crippen LogP contribution in [0, 0.1) is 11.8 Å². The summed E-state index contributed by atoms with van der Waals surface area (Å²) in [5.74, 6) is -1.95. The third kappa shape index (κ3) is 45.2. The summed E-state index contributed by atoms with van der Waals surface area (Å²) in [5, 5.41) is 37.0. The molecule has 0 rings (SSSR count). The van der Waals surface area contributed by atoms with Crippen molar-refractivity contribution >= 4 is 23.5 Å². The molecule has 0 aliphatic carbocycles. The Morgan fingerprint density at radius 2 is 0.892 bits per heavy atom. The second-order valence-electron chi connectivity index (χ2n) is 8.87. The molecule has 2 atom stereocenters. The van der Waals surface area contributed by atoms with Gasteiger partial charge in [-0.15, -0.1) is 0 Å². The molecule has 9 heteroatoms. The first-order valence-corrected chi connectivity index (χ1v) is 13.7. The summed E-state index contributed by atoms with van der Waals surface area (Å²) in [4.78, 5) is 40.4. The van der Waals surface area contributed by atoms with Gasteiger partial charge in [-0.3, -0.25) is 9.59 Å². The van der Waals surface area contributed by atoms with Gasteiger partial charge >= 0.3 is 0 Å². The smallest absolute Gasteiger partial charge is 0.138 e. The number of hydrogen-bond donors (Lipinski definition) is 2. The van der Waals surface area contributed by atoms with E-state index in [2.05, 4.69) is 27.7 Å². The number of carboxylic acids is 2. The van der Waals surface area contributed by atoms with Crippen LogP contribution in [0.3, 0.4) is 0 Å². The molecule has 0 aromatic heterocycles. The average molecular weight is 567 g/mol. The monoisotopic (exact) mass is 566 g/mol. The molecule has 2 unspecified atom stereocenters. The number of Topliss-reactive ketones (excluding diaryl/α,β-unsaturated/α-hetero) is 2. The number of aliphatic hydroxyl groups excluding tert-OH is 2. The molecule has 0 fully saturated rings. The van der Waals surface area contributed by atoms with Crippen molar-refractivity contribution in [3.8, 4) is 0 Å². The van der Waals surface area contributed by atoms with Crippen molar-refractivity contribution in [2.75, 3.05) is 13.2 Å². The van der Waals surface area contributed by atoms with Gasteiger partial charge in [-0.05, 0) is 37.5 Å². The van der Waals surface area contributed by atoms with Crippen molar-refractivity contribution in [2.45, 2.75) is 131 Å². The Hall–Kier alpha value is -1.09. The van der Waals surface area contributed by atoms with Crippen LogP contribution in [0.4, 0.5) is 0 Å². The van der Waals surface area contributed by atoms with Crippen LogP contribution in [-0.2, 0) is 40.9 Å². The molecule has 0 spiro atoms. The second-order valence-corrected chi connectivity index (χ2v) is 8.87. The summed E-state index contributed by atoms with van der Waals surface area (Å²) in [6.07, 6.45) is 10.9. The van der Waals surface area contributed by atoms with Crippen molar-refractivity contribution in [3.63, 3.8) is 0 Å². The summed E-state index contributed by atoms with van der Waals surface area (Å²) in [6.45, 7) is 13.0. The van der Waals surface area contributed by atoms with Gasteiger partial charge in [0.1, 0.15) is 11.6 Å². The molecule has 0 saturated heterocycles. The van der Waals surface area contributed by atoms with E-state index in [0.29, 0.717) is 50.7 Å². The molecule has 0 bridgehead atoms. The van der Waals surface area contributed by atoms with Crippen molar-refractivity contribution in [2.24, 2.45) is 11.8 Å². The Bertz CT molecular complexity index is 472. The quantitative estimate of drug-likeness (QED) is 0.189. The molecule has 2 N–H and O–H groups in total. The van der Waals surface area contributed by atoms with E-state index in [1.807, 2.05) is 13.8 Å². The SMILES string of the molecule is CCCC(=O)CC(=O)[O-].CCCC(=O)CC(=O)[O-].CCCCC(CC)CO.CCCCC(CC)CO.[Ti]. The van der Waals surface area contributed by atoms with Gasteiger partial charge in [-0.1, -0.05) is 80.1 Å². The third-order valence-corrected chi connectivity index (χ3v) is 5.34. The van der Waals surface area contributed by atoms with Crippen LogP contribution in [0.2, 0.25) is 0 Å². The third-order valence-electron chi connectivity index (χ3n) is 5.34. The van der Waals surface area contributed by atoms with Crippen molar-refractivity contribution < 1.29 is 61.3 Å². The van der Waals surface area contributed by atoms with E-state index in [0.717, 1.165) is 12.8 Å². The van der Waals surface area contributed by atoms with Gasteiger partial charge in [0.2, 0.25) is 0 Å². The van der Waals surface area contributed by atoms with E-state index in [4.69, 9.17) is 10.2 Å². The number of hydrogen-bond acceptors (Lipinski definition) is 8. The minimum absolute atomic E-state index is 0. The largest absolute Gasteiger partial charge is 0.550 e. The number of carbonyl (C=O) groups is 4. The normalized spacial score (nSPS) is 11.0. The van der Waals surface area contributed by atoms with Crippen LogP contribution in [0.1, 0.15) is 131 Å². The molecule has 0 amide bonds. The zero-order valence-electron chi connectivity index (χ0n) is 24.3. The molecule has 8 nitrogen and oxygen atoms in total. The Morgan fingerprint density at radius 3 is 1.05 bits per heavy atom.